The summed E-state index contributed by atoms with van der Waals surface area (Å²) < 4.78 is 64.8. The summed E-state index contributed by atoms with van der Waals surface area (Å²) in [5.74, 6) is -6.70. The summed E-state index contributed by atoms with van der Waals surface area (Å²) in [6, 6.07) is 0. The average molecular weight is 247 g/mol. The number of likely N-dealkylation sites (N-methyl/N-ethyl adjacent to an activating group) is 1. The molecule has 0 aromatic carbocycles. The molecule has 0 radical (unpaired) electrons. The van der Waals surface area contributed by atoms with Gasteiger partial charge in [-0.2, -0.15) is 17.6 Å². The Morgan fingerprint density at radius 1 is 1.44 bits per heavy atom. The van der Waals surface area contributed by atoms with Gasteiger partial charge in [0.25, 0.3) is 5.91 Å². The van der Waals surface area contributed by atoms with Crippen LogP contribution in [-0.2, 0) is 9.53 Å². The molecule has 0 aromatic heterocycles. The first kappa shape index (κ1) is 14.8. The molecule has 94 valence electrons. The first-order chi connectivity index (χ1) is 7.20. The van der Waals surface area contributed by atoms with E-state index in [0.717, 1.165) is 13.1 Å². The van der Waals surface area contributed by atoms with Crippen molar-refractivity contribution in [2.45, 2.75) is 12.0 Å². The van der Waals surface area contributed by atoms with E-state index in [1.807, 2.05) is 0 Å². The maximum absolute atomic E-state index is 13.3. The molecule has 0 rings (SSSR count). The van der Waals surface area contributed by atoms with Gasteiger partial charge in [-0.1, -0.05) is 6.08 Å². The topological polar surface area (TPSA) is 29.5 Å². The van der Waals surface area contributed by atoms with Crippen LogP contribution in [-0.4, -0.2) is 43.3 Å². The zero-order valence-corrected chi connectivity index (χ0v) is 8.35. The molecule has 0 saturated heterocycles. The highest BCUT2D eigenvalue weighted by Crippen LogP contribution is 2.36. The van der Waals surface area contributed by atoms with Gasteiger partial charge in [-0.3, -0.25) is 9.53 Å². The molecule has 0 spiro atoms. The van der Waals surface area contributed by atoms with Gasteiger partial charge < -0.3 is 4.90 Å². The third kappa shape index (κ3) is 2.91. The lowest BCUT2D eigenvalue weighted by Gasteiger charge is -2.28. The van der Waals surface area contributed by atoms with Crippen molar-refractivity contribution in [2.24, 2.45) is 0 Å². The number of nitrogens with zero attached hydrogens (tertiary/aromatic N) is 1. The van der Waals surface area contributed by atoms with Crippen molar-refractivity contribution in [3.63, 3.8) is 0 Å². The van der Waals surface area contributed by atoms with E-state index in [1.165, 1.54) is 0 Å². The standard InChI is InChI=1S/C8H10F5NO2/c1-3-4-14(2)6(15)7(10,16-5-9)8(11,12)13/h3H,1,4-5H2,2H3. The molecule has 0 aliphatic carbocycles. The summed E-state index contributed by atoms with van der Waals surface area (Å²) in [7, 11) is 0.908. The van der Waals surface area contributed by atoms with E-state index >= 15 is 0 Å². The predicted octanol–water partition coefficient (Wildman–Crippen LogP) is 1.80. The summed E-state index contributed by atoms with van der Waals surface area (Å²) in [6.45, 7) is 0.772. The number of alkyl halides is 5. The fourth-order valence-corrected chi connectivity index (χ4v) is 0.862. The monoisotopic (exact) mass is 247 g/mol. The van der Waals surface area contributed by atoms with Crippen molar-refractivity contribution in [2.75, 3.05) is 20.5 Å². The zero-order chi connectivity index (χ0) is 13.0. The lowest BCUT2D eigenvalue weighted by molar-refractivity contribution is -0.326. The molecule has 0 aromatic rings. The van der Waals surface area contributed by atoms with Gasteiger partial charge in [-0.15, -0.1) is 6.58 Å². The van der Waals surface area contributed by atoms with Gasteiger partial charge in [0.1, 0.15) is 0 Å². The van der Waals surface area contributed by atoms with Gasteiger partial charge in [0.05, 0.1) is 0 Å². The number of ether oxygens (including phenoxy) is 1. The first-order valence-corrected chi connectivity index (χ1v) is 4.02. The van der Waals surface area contributed by atoms with Gasteiger partial charge in [-0.05, 0) is 0 Å². The molecule has 16 heavy (non-hydrogen) atoms. The van der Waals surface area contributed by atoms with Crippen molar-refractivity contribution in [1.29, 1.82) is 0 Å². The lowest BCUT2D eigenvalue weighted by atomic mass is 10.2. The fraction of sp³-hybridized carbons (Fsp3) is 0.625. The summed E-state index contributed by atoms with van der Waals surface area (Å²) >= 11 is 0. The summed E-state index contributed by atoms with van der Waals surface area (Å²) in [5, 5.41) is 0. The van der Waals surface area contributed by atoms with E-state index in [-0.39, 0.29) is 6.54 Å². The molecular formula is C8H10F5NO2. The first-order valence-electron chi connectivity index (χ1n) is 4.02. The molecule has 0 aliphatic rings. The molecule has 0 heterocycles. The molecule has 1 unspecified atom stereocenters. The van der Waals surface area contributed by atoms with Crippen molar-refractivity contribution < 1.29 is 31.5 Å². The van der Waals surface area contributed by atoms with Crippen LogP contribution in [0.3, 0.4) is 0 Å². The molecular weight excluding hydrogens is 237 g/mol. The zero-order valence-electron chi connectivity index (χ0n) is 8.35. The number of hydrogen-bond donors (Lipinski definition) is 0. The second kappa shape index (κ2) is 5.24. The van der Waals surface area contributed by atoms with Crippen LogP contribution in [0.25, 0.3) is 0 Å². The number of carbonyl (C=O) groups is 1. The van der Waals surface area contributed by atoms with E-state index in [9.17, 15) is 26.7 Å². The van der Waals surface area contributed by atoms with Crippen LogP contribution < -0.4 is 0 Å². The van der Waals surface area contributed by atoms with Gasteiger partial charge in [0.15, 0.2) is 6.86 Å². The molecule has 0 saturated carbocycles. The van der Waals surface area contributed by atoms with E-state index in [0.29, 0.717) is 4.90 Å². The highest BCUT2D eigenvalue weighted by atomic mass is 19.4. The smallest absolute Gasteiger partial charge is 0.337 e. The molecule has 0 bridgehead atoms. The second-order valence-electron chi connectivity index (χ2n) is 2.82. The number of carbonyl (C=O) groups excluding carboxylic acids is 1. The lowest BCUT2D eigenvalue weighted by Crippen LogP contribution is -2.55. The predicted molar refractivity (Wildman–Crippen MR) is 44.8 cm³/mol. The maximum Gasteiger partial charge on any atom is 0.458 e. The third-order valence-corrected chi connectivity index (χ3v) is 1.64. The minimum absolute atomic E-state index is 0.323. The van der Waals surface area contributed by atoms with E-state index in [2.05, 4.69) is 11.3 Å². The minimum Gasteiger partial charge on any atom is -0.337 e. The van der Waals surface area contributed by atoms with Crippen LogP contribution in [0.4, 0.5) is 22.0 Å². The van der Waals surface area contributed by atoms with Crippen LogP contribution in [0.15, 0.2) is 12.7 Å². The summed E-state index contributed by atoms with van der Waals surface area (Å²) in [4.78, 5) is 11.5. The second-order valence-corrected chi connectivity index (χ2v) is 2.82. The third-order valence-electron chi connectivity index (χ3n) is 1.64. The van der Waals surface area contributed by atoms with Gasteiger partial charge in [0.2, 0.25) is 0 Å². The number of amides is 1. The Kier molecular flexibility index (Phi) is 4.85. The Morgan fingerprint density at radius 2 is 1.94 bits per heavy atom. The van der Waals surface area contributed by atoms with Crippen molar-refractivity contribution >= 4 is 5.91 Å². The van der Waals surface area contributed by atoms with Crippen LogP contribution in [0.1, 0.15) is 0 Å². The van der Waals surface area contributed by atoms with Crippen molar-refractivity contribution in [1.82, 2.24) is 4.90 Å². The molecule has 0 fully saturated rings. The van der Waals surface area contributed by atoms with E-state index in [1.54, 1.807) is 0 Å². The SMILES string of the molecule is C=CCN(C)C(=O)C(F)(OCF)C(F)(F)F. The van der Waals surface area contributed by atoms with Gasteiger partial charge in [0, 0.05) is 13.6 Å². The number of halogens is 5. The van der Waals surface area contributed by atoms with Crippen molar-refractivity contribution in [3.05, 3.63) is 12.7 Å². The molecule has 1 atom stereocenters. The molecule has 8 heteroatoms. The maximum atomic E-state index is 13.3. The Morgan fingerprint density at radius 3 is 2.25 bits per heavy atom. The summed E-state index contributed by atoms with van der Waals surface area (Å²) in [5.41, 5.74) is 0. The summed E-state index contributed by atoms with van der Waals surface area (Å²) in [6.07, 6.45) is -4.56. The highest BCUT2D eigenvalue weighted by Gasteiger charge is 2.64. The van der Waals surface area contributed by atoms with Gasteiger partial charge in [-0.25, -0.2) is 4.39 Å². The Bertz CT molecular complexity index is 268. The Labute approximate surface area is 88.5 Å². The number of hydrogen-bond acceptors (Lipinski definition) is 2. The minimum atomic E-state index is -5.65. The van der Waals surface area contributed by atoms with Crippen LogP contribution in [0, 0.1) is 0 Å². The van der Waals surface area contributed by atoms with Gasteiger partial charge >= 0.3 is 12.0 Å². The molecule has 0 N–H and O–H groups in total. The number of rotatable bonds is 5. The van der Waals surface area contributed by atoms with E-state index < -0.39 is 24.8 Å². The Hall–Kier alpha value is -1.18. The molecule has 0 aliphatic heterocycles. The molecule has 1 amide bonds. The normalized spacial score (nSPS) is 15.4. The highest BCUT2D eigenvalue weighted by molar-refractivity contribution is 5.84. The largest absolute Gasteiger partial charge is 0.458 e. The van der Waals surface area contributed by atoms with Crippen LogP contribution in [0.2, 0.25) is 0 Å². The van der Waals surface area contributed by atoms with Crippen LogP contribution >= 0.6 is 0 Å². The van der Waals surface area contributed by atoms with Crippen LogP contribution in [0.5, 0.6) is 0 Å². The Balaban J connectivity index is 5.05. The fourth-order valence-electron chi connectivity index (χ4n) is 0.862. The van der Waals surface area contributed by atoms with Crippen molar-refractivity contribution in [3.8, 4) is 0 Å². The van der Waals surface area contributed by atoms with E-state index in [4.69, 9.17) is 0 Å². The molecule has 3 nitrogen and oxygen atoms in total. The average Bonchev–Trinajstić information content (AvgIpc) is 2.15. The quantitative estimate of drug-likeness (QED) is 0.547.